The van der Waals surface area contributed by atoms with Gasteiger partial charge in [0.15, 0.2) is 0 Å². The van der Waals surface area contributed by atoms with Crippen LogP contribution in [-0.2, 0) is 6.42 Å². The maximum Gasteiger partial charge on any atom is 0.150 e. The van der Waals surface area contributed by atoms with Crippen LogP contribution in [0.5, 0.6) is 17.2 Å². The van der Waals surface area contributed by atoms with Crippen LogP contribution in [0, 0.1) is 0 Å². The van der Waals surface area contributed by atoms with E-state index in [1.807, 2.05) is 25.1 Å². The Morgan fingerprint density at radius 3 is 2.39 bits per heavy atom. The minimum absolute atomic E-state index is 0.199. The first-order valence-corrected chi connectivity index (χ1v) is 9.66. The summed E-state index contributed by atoms with van der Waals surface area (Å²) in [6.07, 6.45) is 1.85. The second kappa shape index (κ2) is 7.43. The molecular weight excluding hydrogens is 348 g/mol. The highest BCUT2D eigenvalue weighted by molar-refractivity contribution is 5.97. The van der Waals surface area contributed by atoms with E-state index in [1.54, 1.807) is 24.3 Å². The molecule has 2 N–H and O–H groups in total. The first kappa shape index (κ1) is 18.2. The van der Waals surface area contributed by atoms with Gasteiger partial charge < -0.3 is 14.9 Å². The van der Waals surface area contributed by atoms with Crippen molar-refractivity contribution in [2.75, 3.05) is 0 Å². The Bertz CT molecular complexity index is 1030. The molecule has 3 nitrogen and oxygen atoms in total. The molecule has 3 heteroatoms. The number of hydrogen-bond donors (Lipinski definition) is 2. The van der Waals surface area contributed by atoms with E-state index < -0.39 is 0 Å². The fraction of sp³-hybridized carbons (Fsp3) is 0.200. The monoisotopic (exact) mass is 372 g/mol. The summed E-state index contributed by atoms with van der Waals surface area (Å²) >= 11 is 0. The number of benzene rings is 3. The van der Waals surface area contributed by atoms with E-state index in [9.17, 15) is 10.2 Å². The van der Waals surface area contributed by atoms with Crippen molar-refractivity contribution >= 4 is 11.1 Å². The van der Waals surface area contributed by atoms with E-state index in [1.165, 1.54) is 5.56 Å². The van der Waals surface area contributed by atoms with Crippen LogP contribution in [0.15, 0.2) is 66.7 Å². The van der Waals surface area contributed by atoms with E-state index in [2.05, 4.69) is 31.2 Å². The summed E-state index contributed by atoms with van der Waals surface area (Å²) in [7, 11) is 0. The second-order valence-corrected chi connectivity index (χ2v) is 7.23. The van der Waals surface area contributed by atoms with Crippen molar-refractivity contribution < 1.29 is 14.9 Å². The van der Waals surface area contributed by atoms with Crippen LogP contribution in [-0.4, -0.2) is 10.2 Å². The Morgan fingerprint density at radius 1 is 0.929 bits per heavy atom. The number of aromatic hydroxyl groups is 2. The van der Waals surface area contributed by atoms with Crippen molar-refractivity contribution in [2.24, 2.45) is 0 Å². The number of allylic oxidation sites excluding steroid dienone is 1. The molecular formula is C25H24O3. The maximum atomic E-state index is 10.4. The van der Waals surface area contributed by atoms with Gasteiger partial charge in [0.05, 0.1) is 5.56 Å². The zero-order chi connectivity index (χ0) is 19.7. The molecule has 1 aliphatic rings. The molecule has 0 amide bonds. The number of phenols is 2. The molecule has 0 fully saturated rings. The van der Waals surface area contributed by atoms with Crippen molar-refractivity contribution in [3.05, 3.63) is 89.0 Å². The lowest BCUT2D eigenvalue weighted by Crippen LogP contribution is -2.16. The Morgan fingerprint density at radius 2 is 1.68 bits per heavy atom. The van der Waals surface area contributed by atoms with Gasteiger partial charge in [0.2, 0.25) is 0 Å². The molecule has 28 heavy (non-hydrogen) atoms. The van der Waals surface area contributed by atoms with Crippen molar-refractivity contribution in [1.82, 2.24) is 0 Å². The molecule has 0 aliphatic carbocycles. The summed E-state index contributed by atoms with van der Waals surface area (Å²) in [6, 6.07) is 21.1. The molecule has 142 valence electrons. The van der Waals surface area contributed by atoms with Gasteiger partial charge in [-0.05, 0) is 59.9 Å². The number of rotatable bonds is 4. The van der Waals surface area contributed by atoms with Crippen LogP contribution < -0.4 is 4.74 Å². The molecule has 0 saturated heterocycles. The van der Waals surface area contributed by atoms with Crippen molar-refractivity contribution in [1.29, 1.82) is 0 Å². The number of phenolic OH excluding ortho intramolecular Hbond substituents is 2. The van der Waals surface area contributed by atoms with Gasteiger partial charge in [-0.25, -0.2) is 0 Å². The Labute approximate surface area is 165 Å². The van der Waals surface area contributed by atoms with E-state index in [0.29, 0.717) is 11.3 Å². The Hall–Kier alpha value is -3.20. The SMILES string of the molecule is CCCc1ccc(C2Oc3cccc(O)c3C(C)=C2c2cccc(O)c2)cc1. The average Bonchev–Trinajstić information content (AvgIpc) is 2.68. The summed E-state index contributed by atoms with van der Waals surface area (Å²) in [4.78, 5) is 0. The largest absolute Gasteiger partial charge is 0.508 e. The van der Waals surface area contributed by atoms with Gasteiger partial charge in [-0.1, -0.05) is 55.8 Å². The Balaban J connectivity index is 1.88. The van der Waals surface area contributed by atoms with Crippen LogP contribution in [0.1, 0.15) is 48.6 Å². The molecule has 1 aliphatic heterocycles. The lowest BCUT2D eigenvalue weighted by Gasteiger charge is -2.31. The quantitative estimate of drug-likeness (QED) is 0.580. The van der Waals surface area contributed by atoms with E-state index in [0.717, 1.165) is 35.1 Å². The summed E-state index contributed by atoms with van der Waals surface area (Å²) in [6.45, 7) is 4.17. The number of ether oxygens (including phenoxy) is 1. The second-order valence-electron chi connectivity index (χ2n) is 7.23. The van der Waals surface area contributed by atoms with Gasteiger partial charge >= 0.3 is 0 Å². The molecule has 0 aromatic heterocycles. The minimum atomic E-state index is -0.313. The molecule has 3 aromatic rings. The lowest BCUT2D eigenvalue weighted by molar-refractivity contribution is 0.258. The van der Waals surface area contributed by atoms with Gasteiger partial charge in [0, 0.05) is 5.57 Å². The maximum absolute atomic E-state index is 10.4. The van der Waals surface area contributed by atoms with Gasteiger partial charge in [0.25, 0.3) is 0 Å². The van der Waals surface area contributed by atoms with E-state index >= 15 is 0 Å². The first-order chi connectivity index (χ1) is 13.6. The predicted octanol–water partition coefficient (Wildman–Crippen LogP) is 6.11. The molecule has 1 atom stereocenters. The molecule has 0 spiro atoms. The normalized spacial score (nSPS) is 15.9. The summed E-state index contributed by atoms with van der Waals surface area (Å²) in [5, 5.41) is 20.5. The number of fused-ring (bicyclic) bond motifs is 1. The lowest BCUT2D eigenvalue weighted by atomic mass is 9.85. The summed E-state index contributed by atoms with van der Waals surface area (Å²) < 4.78 is 6.38. The smallest absolute Gasteiger partial charge is 0.150 e. The zero-order valence-electron chi connectivity index (χ0n) is 16.1. The van der Waals surface area contributed by atoms with Gasteiger partial charge in [0.1, 0.15) is 23.4 Å². The van der Waals surface area contributed by atoms with Crippen LogP contribution >= 0.6 is 0 Å². The van der Waals surface area contributed by atoms with Gasteiger partial charge in [-0.2, -0.15) is 0 Å². The molecule has 0 bridgehead atoms. The van der Waals surface area contributed by atoms with Crippen molar-refractivity contribution in [3.8, 4) is 17.2 Å². The molecule has 1 heterocycles. The topological polar surface area (TPSA) is 49.7 Å². The number of aryl methyl sites for hydroxylation is 1. The first-order valence-electron chi connectivity index (χ1n) is 9.66. The minimum Gasteiger partial charge on any atom is -0.508 e. The van der Waals surface area contributed by atoms with Crippen LogP contribution in [0.25, 0.3) is 11.1 Å². The zero-order valence-corrected chi connectivity index (χ0v) is 16.1. The number of hydrogen-bond acceptors (Lipinski definition) is 3. The molecule has 0 saturated carbocycles. The van der Waals surface area contributed by atoms with Gasteiger partial charge in [-0.3, -0.25) is 0 Å². The Kier molecular flexibility index (Phi) is 4.82. The average molecular weight is 372 g/mol. The highest BCUT2D eigenvalue weighted by Gasteiger charge is 2.30. The highest BCUT2D eigenvalue weighted by Crippen LogP contribution is 2.49. The fourth-order valence-corrected chi connectivity index (χ4v) is 3.94. The van der Waals surface area contributed by atoms with Crippen LogP contribution in [0.2, 0.25) is 0 Å². The van der Waals surface area contributed by atoms with Crippen molar-refractivity contribution in [3.63, 3.8) is 0 Å². The van der Waals surface area contributed by atoms with E-state index in [4.69, 9.17) is 4.74 Å². The molecule has 0 radical (unpaired) electrons. The van der Waals surface area contributed by atoms with Crippen LogP contribution in [0.4, 0.5) is 0 Å². The summed E-state index contributed by atoms with van der Waals surface area (Å²) in [5.41, 5.74) is 5.85. The predicted molar refractivity (Wildman–Crippen MR) is 113 cm³/mol. The molecule has 4 rings (SSSR count). The van der Waals surface area contributed by atoms with Crippen molar-refractivity contribution in [2.45, 2.75) is 32.8 Å². The molecule has 3 aromatic carbocycles. The third-order valence-corrected chi connectivity index (χ3v) is 5.27. The highest BCUT2D eigenvalue weighted by atomic mass is 16.5. The third kappa shape index (κ3) is 3.24. The fourth-order valence-electron chi connectivity index (χ4n) is 3.94. The van der Waals surface area contributed by atoms with E-state index in [-0.39, 0.29) is 17.6 Å². The van der Waals surface area contributed by atoms with Crippen LogP contribution in [0.3, 0.4) is 0 Å². The standard InChI is InChI=1S/C25H24O3/c1-3-6-17-11-13-18(14-12-17)25-23(19-7-4-8-20(26)15-19)16(2)24-21(27)9-5-10-22(24)28-25/h4-5,7-15,25-27H,3,6H2,1-2H3. The third-order valence-electron chi connectivity index (χ3n) is 5.27. The molecule has 1 unspecified atom stereocenters. The summed E-state index contributed by atoms with van der Waals surface area (Å²) in [5.74, 6) is 1.08. The van der Waals surface area contributed by atoms with Gasteiger partial charge in [-0.15, -0.1) is 0 Å².